The van der Waals surface area contributed by atoms with E-state index in [1.54, 1.807) is 12.1 Å². The van der Waals surface area contributed by atoms with E-state index in [-0.39, 0.29) is 18.6 Å². The molecule has 2 amide bonds. The molecule has 1 aromatic carbocycles. The van der Waals surface area contributed by atoms with Crippen molar-refractivity contribution in [1.82, 2.24) is 15.8 Å². The first-order valence-corrected chi connectivity index (χ1v) is 7.55. The Hall–Kier alpha value is -3.30. The molecule has 0 aliphatic carbocycles. The number of rotatable bonds is 6. The smallest absolute Gasteiger partial charge is 0.337 e. The van der Waals surface area contributed by atoms with E-state index in [1.807, 2.05) is 0 Å². The lowest BCUT2D eigenvalue weighted by Crippen LogP contribution is -2.51. The van der Waals surface area contributed by atoms with Crippen molar-refractivity contribution in [2.75, 3.05) is 0 Å². The third-order valence-electron chi connectivity index (χ3n) is 3.63. The summed E-state index contributed by atoms with van der Waals surface area (Å²) in [4.78, 5) is 38.5. The first-order chi connectivity index (χ1) is 12.3. The first kappa shape index (κ1) is 21.7. The monoisotopic (exact) mass is 375 g/mol. The van der Waals surface area contributed by atoms with Crippen molar-refractivity contribution >= 4 is 17.8 Å². The molecule has 2 aromatic rings. The van der Waals surface area contributed by atoms with Crippen LogP contribution in [0.25, 0.3) is 11.1 Å². The zero-order chi connectivity index (χ0) is 19.3. The lowest BCUT2D eigenvalue weighted by atomic mass is 10.0. The van der Waals surface area contributed by atoms with Gasteiger partial charge in [0.1, 0.15) is 6.04 Å². The summed E-state index contributed by atoms with van der Waals surface area (Å²) in [5, 5.41) is 29.5. The maximum absolute atomic E-state index is 12.2. The highest BCUT2D eigenvalue weighted by atomic mass is 16.5. The van der Waals surface area contributed by atoms with Gasteiger partial charge in [0.05, 0.1) is 11.7 Å². The minimum atomic E-state index is -1.32. The third-order valence-corrected chi connectivity index (χ3v) is 3.63. The summed E-state index contributed by atoms with van der Waals surface area (Å²) in [5.41, 5.74) is 2.85. The fourth-order valence-corrected chi connectivity index (χ4v) is 2.23. The molecule has 5 N–H and O–H groups in total. The third kappa shape index (κ3) is 5.33. The lowest BCUT2D eigenvalue weighted by Gasteiger charge is -2.19. The number of carboxylic acid groups (broad SMARTS) is 1. The molecule has 1 heterocycles. The first-order valence-electron chi connectivity index (χ1n) is 7.55. The fourth-order valence-electron chi connectivity index (χ4n) is 2.23. The number of nitrogens with one attached hydrogen (secondary N) is 2. The van der Waals surface area contributed by atoms with Crippen LogP contribution in [0.15, 0.2) is 42.7 Å². The van der Waals surface area contributed by atoms with Gasteiger partial charge >= 0.3 is 5.97 Å². The summed E-state index contributed by atoms with van der Waals surface area (Å²) in [6, 6.07) is 6.30. The Morgan fingerprint density at radius 1 is 1.04 bits per heavy atom. The van der Waals surface area contributed by atoms with Crippen LogP contribution < -0.4 is 10.8 Å². The van der Waals surface area contributed by atoms with Gasteiger partial charge in [-0.15, -0.1) is 0 Å². The fraction of sp³-hybridized carbons (Fsp3) is 0.222. The number of pyridine rings is 1. The van der Waals surface area contributed by atoms with Crippen LogP contribution in [0.5, 0.6) is 0 Å². The van der Waals surface area contributed by atoms with Crippen LogP contribution in [0, 0.1) is 0 Å². The number of hydrogen-bond donors (Lipinski definition) is 5. The van der Waals surface area contributed by atoms with Crippen LogP contribution in [-0.4, -0.2) is 50.3 Å². The van der Waals surface area contributed by atoms with Crippen LogP contribution in [0.4, 0.5) is 0 Å². The molecular formula is C18H21N3O6. The van der Waals surface area contributed by atoms with Crippen LogP contribution in [-0.2, 0) is 4.79 Å². The summed E-state index contributed by atoms with van der Waals surface area (Å²) in [5.74, 6) is -2.66. The molecule has 0 bridgehead atoms. The van der Waals surface area contributed by atoms with E-state index in [9.17, 15) is 19.5 Å². The summed E-state index contributed by atoms with van der Waals surface area (Å²) in [6.45, 7) is 1.30. The molecule has 0 spiro atoms. The van der Waals surface area contributed by atoms with E-state index < -0.39 is 29.9 Å². The highest BCUT2D eigenvalue weighted by molar-refractivity contribution is 5.98. The Morgan fingerprint density at radius 2 is 1.67 bits per heavy atom. The van der Waals surface area contributed by atoms with Crippen LogP contribution in [0.3, 0.4) is 0 Å². The van der Waals surface area contributed by atoms with E-state index >= 15 is 0 Å². The number of amides is 2. The minimum Gasteiger partial charge on any atom is -0.478 e. The molecule has 144 valence electrons. The van der Waals surface area contributed by atoms with Gasteiger partial charge in [0.25, 0.3) is 11.8 Å². The Labute approximate surface area is 155 Å². The van der Waals surface area contributed by atoms with E-state index in [4.69, 9.17) is 10.3 Å². The number of carbonyl (C=O) groups is 3. The van der Waals surface area contributed by atoms with E-state index in [1.165, 1.54) is 43.0 Å². The Bertz CT molecular complexity index is 820. The van der Waals surface area contributed by atoms with Gasteiger partial charge in [-0.2, -0.15) is 0 Å². The average molecular weight is 375 g/mol. The zero-order valence-corrected chi connectivity index (χ0v) is 13.7. The lowest BCUT2D eigenvalue weighted by molar-refractivity contribution is -0.133. The summed E-state index contributed by atoms with van der Waals surface area (Å²) in [7, 11) is 0. The van der Waals surface area contributed by atoms with Crippen molar-refractivity contribution in [2.24, 2.45) is 0 Å². The molecule has 0 saturated carbocycles. The standard InChI is InChI=1S/C17H17N3O6.CH4/c1-9(21)14(16(23)20-26)19-15(22)11-4-2-10(3-5-11)12-6-13(17(24)25)8-18-7-12;/h2-9,14,21,26H,1H3,(H,19,22)(H,20,23)(H,24,25);1H4/t9-,14+;/m1./s1. The summed E-state index contributed by atoms with van der Waals surface area (Å²) < 4.78 is 0. The molecule has 0 radical (unpaired) electrons. The van der Waals surface area contributed by atoms with E-state index in [0.717, 1.165) is 0 Å². The quantitative estimate of drug-likeness (QED) is 0.374. The van der Waals surface area contributed by atoms with Gasteiger partial charge in [-0.3, -0.25) is 19.8 Å². The number of nitrogens with zero attached hydrogens (tertiary/aromatic N) is 1. The topological polar surface area (TPSA) is 149 Å². The number of aliphatic hydroxyl groups is 1. The SMILES string of the molecule is C.C[C@@H](O)[C@H](NC(=O)c1ccc(-c2cncc(C(=O)O)c2)cc1)C(=O)NO. The average Bonchev–Trinajstić information content (AvgIpc) is 2.65. The normalized spacial score (nSPS) is 12.3. The van der Waals surface area contributed by atoms with Crippen LogP contribution in [0.1, 0.15) is 35.1 Å². The summed E-state index contributed by atoms with van der Waals surface area (Å²) >= 11 is 0. The molecule has 0 unspecified atom stereocenters. The second kappa shape index (κ2) is 9.41. The molecule has 0 saturated heterocycles. The number of carboxylic acids is 1. The molecule has 0 fully saturated rings. The molecule has 27 heavy (non-hydrogen) atoms. The predicted molar refractivity (Wildman–Crippen MR) is 96.2 cm³/mol. The molecule has 9 heteroatoms. The number of hydrogen-bond acceptors (Lipinski definition) is 6. The van der Waals surface area contributed by atoms with Crippen LogP contribution >= 0.6 is 0 Å². The number of hydroxylamine groups is 1. The second-order valence-electron chi connectivity index (χ2n) is 5.51. The highest BCUT2D eigenvalue weighted by Crippen LogP contribution is 2.20. The van der Waals surface area contributed by atoms with Gasteiger partial charge in [0.2, 0.25) is 0 Å². The van der Waals surface area contributed by atoms with E-state index in [2.05, 4.69) is 10.3 Å². The maximum atomic E-state index is 12.2. The summed E-state index contributed by atoms with van der Waals surface area (Å²) in [6.07, 6.45) is 1.52. The van der Waals surface area contributed by atoms with Crippen LogP contribution in [0.2, 0.25) is 0 Å². The van der Waals surface area contributed by atoms with Gasteiger partial charge in [-0.25, -0.2) is 10.3 Å². The number of benzene rings is 1. The second-order valence-corrected chi connectivity index (χ2v) is 5.51. The molecule has 1 aromatic heterocycles. The molecular weight excluding hydrogens is 354 g/mol. The van der Waals surface area contributed by atoms with Crippen molar-refractivity contribution in [3.8, 4) is 11.1 Å². The predicted octanol–water partition coefficient (Wildman–Crippen LogP) is 1.07. The molecule has 0 aliphatic rings. The molecule has 0 aliphatic heterocycles. The Kier molecular flexibility index (Phi) is 7.58. The number of aromatic carboxylic acids is 1. The molecule has 9 nitrogen and oxygen atoms in total. The van der Waals surface area contributed by atoms with Gasteiger partial charge in [0, 0.05) is 23.5 Å². The maximum Gasteiger partial charge on any atom is 0.337 e. The largest absolute Gasteiger partial charge is 0.478 e. The number of aliphatic hydroxyl groups excluding tert-OH is 1. The van der Waals surface area contributed by atoms with E-state index in [0.29, 0.717) is 11.1 Å². The van der Waals surface area contributed by atoms with Gasteiger partial charge in [-0.05, 0) is 30.7 Å². The molecule has 2 atom stereocenters. The van der Waals surface area contributed by atoms with Crippen molar-refractivity contribution in [3.05, 3.63) is 53.9 Å². The van der Waals surface area contributed by atoms with Gasteiger partial charge < -0.3 is 15.5 Å². The number of carbonyl (C=O) groups excluding carboxylic acids is 2. The Balaban J connectivity index is 0.00000364. The molecule has 2 rings (SSSR count). The Morgan fingerprint density at radius 3 is 2.19 bits per heavy atom. The van der Waals surface area contributed by atoms with Crippen molar-refractivity contribution in [1.29, 1.82) is 0 Å². The number of aromatic nitrogens is 1. The zero-order valence-electron chi connectivity index (χ0n) is 13.7. The minimum absolute atomic E-state index is 0. The van der Waals surface area contributed by atoms with Gasteiger partial charge in [0.15, 0.2) is 0 Å². The van der Waals surface area contributed by atoms with Crippen molar-refractivity contribution in [2.45, 2.75) is 26.5 Å². The highest BCUT2D eigenvalue weighted by Gasteiger charge is 2.25. The van der Waals surface area contributed by atoms with Crippen molar-refractivity contribution < 1.29 is 29.8 Å². The van der Waals surface area contributed by atoms with Gasteiger partial charge in [-0.1, -0.05) is 19.6 Å². The van der Waals surface area contributed by atoms with Crippen molar-refractivity contribution in [3.63, 3.8) is 0 Å².